The molecule has 0 bridgehead atoms. The number of pyridine rings is 1. The molecule has 0 radical (unpaired) electrons. The van der Waals surface area contributed by atoms with Gasteiger partial charge in [0, 0.05) is 17.2 Å². The van der Waals surface area contributed by atoms with Crippen molar-refractivity contribution in [3.8, 4) is 0 Å². The van der Waals surface area contributed by atoms with Crippen molar-refractivity contribution >= 4 is 21.7 Å². The Morgan fingerprint density at radius 3 is 2.60 bits per heavy atom. The predicted molar refractivity (Wildman–Crippen MR) is 69.2 cm³/mol. The lowest BCUT2D eigenvalue weighted by Crippen LogP contribution is -2.16. The van der Waals surface area contributed by atoms with Crippen LogP contribution in [0.5, 0.6) is 0 Å². The number of anilines is 1. The van der Waals surface area contributed by atoms with Crippen LogP contribution in [0.3, 0.4) is 0 Å². The van der Waals surface area contributed by atoms with Crippen molar-refractivity contribution in [1.29, 1.82) is 0 Å². The highest BCUT2D eigenvalue weighted by Crippen LogP contribution is 2.18. The summed E-state index contributed by atoms with van der Waals surface area (Å²) >= 11 is 3.44. The Kier molecular flexibility index (Phi) is 4.58. The third kappa shape index (κ3) is 3.82. The summed E-state index contributed by atoms with van der Waals surface area (Å²) < 4.78 is 1.06. The van der Waals surface area contributed by atoms with Crippen molar-refractivity contribution in [1.82, 2.24) is 4.98 Å². The van der Waals surface area contributed by atoms with E-state index >= 15 is 0 Å². The van der Waals surface area contributed by atoms with Crippen LogP contribution in [0.4, 0.5) is 5.82 Å². The predicted octanol–water partition coefficient (Wildman–Crippen LogP) is 3.86. The first-order valence-electron chi connectivity index (χ1n) is 5.36. The van der Waals surface area contributed by atoms with E-state index in [1.54, 1.807) is 0 Å². The summed E-state index contributed by atoms with van der Waals surface area (Å²) in [6.07, 6.45) is 1.84. The highest BCUT2D eigenvalue weighted by molar-refractivity contribution is 9.10. The van der Waals surface area contributed by atoms with Crippen LogP contribution >= 0.6 is 15.9 Å². The van der Waals surface area contributed by atoms with E-state index in [0.717, 1.165) is 16.8 Å². The molecule has 0 saturated carbocycles. The fourth-order valence-electron chi connectivity index (χ4n) is 1.14. The largest absolute Gasteiger partial charge is 0.370 e. The van der Waals surface area contributed by atoms with Crippen molar-refractivity contribution in [2.45, 2.75) is 27.7 Å². The molecule has 1 heterocycles. The highest BCUT2D eigenvalue weighted by atomic mass is 79.9. The lowest BCUT2D eigenvalue weighted by molar-refractivity contribution is 0.439. The van der Waals surface area contributed by atoms with E-state index in [1.165, 1.54) is 5.56 Å². The van der Waals surface area contributed by atoms with Crippen molar-refractivity contribution < 1.29 is 0 Å². The van der Waals surface area contributed by atoms with Crippen molar-refractivity contribution in [2.75, 3.05) is 11.9 Å². The van der Waals surface area contributed by atoms with E-state index in [0.29, 0.717) is 11.8 Å². The van der Waals surface area contributed by atoms with Gasteiger partial charge < -0.3 is 5.32 Å². The van der Waals surface area contributed by atoms with Gasteiger partial charge in [0.25, 0.3) is 0 Å². The van der Waals surface area contributed by atoms with E-state index in [1.807, 2.05) is 6.20 Å². The molecule has 0 aliphatic heterocycles. The lowest BCUT2D eigenvalue weighted by atomic mass is 9.98. The van der Waals surface area contributed by atoms with Gasteiger partial charge in [0.1, 0.15) is 5.82 Å². The molecule has 0 aromatic carbocycles. The van der Waals surface area contributed by atoms with Crippen molar-refractivity contribution in [2.24, 2.45) is 11.8 Å². The van der Waals surface area contributed by atoms with E-state index in [2.05, 4.69) is 60.0 Å². The molecule has 1 atom stereocenters. The maximum Gasteiger partial charge on any atom is 0.126 e. The smallest absolute Gasteiger partial charge is 0.126 e. The summed E-state index contributed by atoms with van der Waals surface area (Å²) in [5.74, 6) is 2.33. The van der Waals surface area contributed by atoms with E-state index in [9.17, 15) is 0 Å². The molecule has 3 heteroatoms. The van der Waals surface area contributed by atoms with Gasteiger partial charge in [0.2, 0.25) is 0 Å². The average molecular weight is 271 g/mol. The quantitative estimate of drug-likeness (QED) is 0.899. The monoisotopic (exact) mass is 270 g/mol. The van der Waals surface area contributed by atoms with Crippen LogP contribution in [-0.4, -0.2) is 11.5 Å². The van der Waals surface area contributed by atoms with E-state index in [-0.39, 0.29) is 0 Å². The second-order valence-electron chi connectivity index (χ2n) is 4.42. The molecular formula is C12H19BrN2. The highest BCUT2D eigenvalue weighted by Gasteiger charge is 2.07. The zero-order chi connectivity index (χ0) is 11.4. The Morgan fingerprint density at radius 1 is 1.40 bits per heavy atom. The van der Waals surface area contributed by atoms with Crippen molar-refractivity contribution in [3.63, 3.8) is 0 Å². The van der Waals surface area contributed by atoms with Crippen LogP contribution in [0.2, 0.25) is 0 Å². The van der Waals surface area contributed by atoms with Crippen LogP contribution in [0.25, 0.3) is 0 Å². The second kappa shape index (κ2) is 5.50. The minimum absolute atomic E-state index is 0.663. The first kappa shape index (κ1) is 12.5. The van der Waals surface area contributed by atoms with Gasteiger partial charge in [-0.3, -0.25) is 0 Å². The first-order valence-corrected chi connectivity index (χ1v) is 6.16. The molecule has 0 spiro atoms. The molecule has 0 amide bonds. The molecule has 1 unspecified atom stereocenters. The molecule has 1 rings (SSSR count). The maximum absolute atomic E-state index is 4.31. The Balaban J connectivity index is 2.55. The number of nitrogens with one attached hydrogen (secondary N) is 1. The van der Waals surface area contributed by atoms with Gasteiger partial charge in [-0.1, -0.05) is 20.8 Å². The van der Waals surface area contributed by atoms with Gasteiger partial charge in [0.05, 0.1) is 0 Å². The topological polar surface area (TPSA) is 24.9 Å². The molecule has 0 aliphatic carbocycles. The Morgan fingerprint density at radius 2 is 2.07 bits per heavy atom. The standard InChI is InChI=1S/C12H19BrN2/c1-8(2)10(4)6-14-12-5-9(3)11(13)7-15-12/h5,7-8,10H,6H2,1-4H3,(H,14,15). The summed E-state index contributed by atoms with van der Waals surface area (Å²) in [6, 6.07) is 2.07. The summed E-state index contributed by atoms with van der Waals surface area (Å²) in [5.41, 5.74) is 1.21. The maximum atomic E-state index is 4.31. The second-order valence-corrected chi connectivity index (χ2v) is 5.28. The molecule has 2 nitrogen and oxygen atoms in total. The number of hydrogen-bond donors (Lipinski definition) is 1. The zero-order valence-corrected chi connectivity index (χ0v) is 11.4. The third-order valence-electron chi connectivity index (χ3n) is 2.79. The fourth-order valence-corrected chi connectivity index (χ4v) is 1.35. The molecule has 1 aromatic heterocycles. The fraction of sp³-hybridized carbons (Fsp3) is 0.583. The SMILES string of the molecule is Cc1cc(NCC(C)C(C)C)ncc1Br. The van der Waals surface area contributed by atoms with Gasteiger partial charge >= 0.3 is 0 Å². The number of halogens is 1. The van der Waals surface area contributed by atoms with Crippen LogP contribution in [-0.2, 0) is 0 Å². The van der Waals surface area contributed by atoms with Gasteiger partial charge in [-0.25, -0.2) is 4.98 Å². The minimum Gasteiger partial charge on any atom is -0.370 e. The zero-order valence-electron chi connectivity index (χ0n) is 9.84. The van der Waals surface area contributed by atoms with E-state index < -0.39 is 0 Å². The molecule has 1 N–H and O–H groups in total. The van der Waals surface area contributed by atoms with Crippen molar-refractivity contribution in [3.05, 3.63) is 22.3 Å². The summed E-state index contributed by atoms with van der Waals surface area (Å²) in [5, 5.41) is 3.36. The minimum atomic E-state index is 0.663. The van der Waals surface area contributed by atoms with Crippen LogP contribution in [0.1, 0.15) is 26.3 Å². The molecule has 15 heavy (non-hydrogen) atoms. The normalized spacial score (nSPS) is 12.9. The van der Waals surface area contributed by atoms with Gasteiger partial charge in [-0.2, -0.15) is 0 Å². The number of aromatic nitrogens is 1. The molecule has 0 aliphatic rings. The van der Waals surface area contributed by atoms with E-state index in [4.69, 9.17) is 0 Å². The Bertz CT molecular complexity index is 323. The summed E-state index contributed by atoms with van der Waals surface area (Å²) in [4.78, 5) is 4.31. The molecule has 0 saturated heterocycles. The molecule has 0 fully saturated rings. The molecule has 1 aromatic rings. The Hall–Kier alpha value is -0.570. The van der Waals surface area contributed by atoms with Gasteiger partial charge in [0.15, 0.2) is 0 Å². The van der Waals surface area contributed by atoms with Gasteiger partial charge in [-0.15, -0.1) is 0 Å². The van der Waals surface area contributed by atoms with Gasteiger partial charge in [-0.05, 0) is 46.3 Å². The Labute approximate surface area is 101 Å². The first-order chi connectivity index (χ1) is 7.00. The number of rotatable bonds is 4. The number of hydrogen-bond acceptors (Lipinski definition) is 2. The van der Waals surface area contributed by atoms with Crippen LogP contribution in [0, 0.1) is 18.8 Å². The lowest BCUT2D eigenvalue weighted by Gasteiger charge is -2.16. The van der Waals surface area contributed by atoms with Crippen LogP contribution < -0.4 is 5.32 Å². The van der Waals surface area contributed by atoms with Crippen LogP contribution in [0.15, 0.2) is 16.7 Å². The third-order valence-corrected chi connectivity index (χ3v) is 3.62. The average Bonchev–Trinajstić information content (AvgIpc) is 2.19. The summed E-state index contributed by atoms with van der Waals surface area (Å²) in [7, 11) is 0. The number of nitrogens with zero attached hydrogens (tertiary/aromatic N) is 1. The molecule has 84 valence electrons. The summed E-state index contributed by atoms with van der Waals surface area (Å²) in [6.45, 7) is 9.79. The number of aryl methyl sites for hydroxylation is 1. The molecular weight excluding hydrogens is 252 g/mol.